The maximum Gasteiger partial charge on any atom is 0.227 e. The Bertz CT molecular complexity index is 294. The lowest BCUT2D eigenvalue weighted by Crippen LogP contribution is -2.39. The zero-order valence-corrected chi connectivity index (χ0v) is 11.1. The van der Waals surface area contributed by atoms with Crippen LogP contribution in [0.5, 0.6) is 0 Å². The predicted octanol–water partition coefficient (Wildman–Crippen LogP) is 0.504. The van der Waals surface area contributed by atoms with Crippen molar-refractivity contribution >= 4 is 11.7 Å². The van der Waals surface area contributed by atoms with Gasteiger partial charge < -0.3 is 21.2 Å². The molecule has 1 unspecified atom stereocenters. The van der Waals surface area contributed by atoms with Crippen LogP contribution in [0.2, 0.25) is 0 Å². The Labute approximate surface area is 108 Å². The van der Waals surface area contributed by atoms with Gasteiger partial charge in [-0.25, -0.2) is 0 Å². The number of hydrogen-bond acceptors (Lipinski definition) is 4. The van der Waals surface area contributed by atoms with Crippen molar-refractivity contribution < 1.29 is 10.0 Å². The molecule has 0 bridgehead atoms. The molecule has 18 heavy (non-hydrogen) atoms. The molecule has 1 saturated heterocycles. The number of rotatable bonds is 6. The number of carbonyl (C=O) groups is 1. The van der Waals surface area contributed by atoms with Gasteiger partial charge in [-0.15, -0.1) is 0 Å². The van der Waals surface area contributed by atoms with Crippen LogP contribution in [0.3, 0.4) is 0 Å². The molecule has 1 amide bonds. The third-order valence-corrected chi connectivity index (χ3v) is 3.35. The van der Waals surface area contributed by atoms with Crippen molar-refractivity contribution in [2.45, 2.75) is 45.1 Å². The van der Waals surface area contributed by atoms with E-state index < -0.39 is 0 Å². The van der Waals surface area contributed by atoms with E-state index in [4.69, 9.17) is 10.9 Å². The summed E-state index contributed by atoms with van der Waals surface area (Å²) < 4.78 is 0. The fourth-order valence-electron chi connectivity index (χ4n) is 2.26. The molecule has 0 aromatic heterocycles. The Morgan fingerprint density at radius 3 is 3.00 bits per heavy atom. The Balaban J connectivity index is 2.09. The fraction of sp³-hybridized carbons (Fsp3) is 0.833. The van der Waals surface area contributed by atoms with Crippen LogP contribution in [0, 0.1) is 0 Å². The van der Waals surface area contributed by atoms with Crippen LogP contribution in [0.1, 0.15) is 39.0 Å². The SMILES string of the molecule is CC1CCCCN1CCCNC(=O)C/C(N)=N/O. The van der Waals surface area contributed by atoms with Crippen molar-refractivity contribution in [3.05, 3.63) is 0 Å². The van der Waals surface area contributed by atoms with E-state index in [0.29, 0.717) is 12.6 Å². The van der Waals surface area contributed by atoms with Crippen molar-refractivity contribution in [2.75, 3.05) is 19.6 Å². The Kier molecular flexibility index (Phi) is 6.49. The van der Waals surface area contributed by atoms with Gasteiger partial charge in [-0.2, -0.15) is 0 Å². The summed E-state index contributed by atoms with van der Waals surface area (Å²) in [6.07, 6.45) is 4.77. The molecule has 4 N–H and O–H groups in total. The van der Waals surface area contributed by atoms with Gasteiger partial charge in [0.15, 0.2) is 0 Å². The Hall–Kier alpha value is -1.30. The minimum Gasteiger partial charge on any atom is -0.409 e. The molecule has 0 saturated carbocycles. The first-order valence-electron chi connectivity index (χ1n) is 6.60. The van der Waals surface area contributed by atoms with Gasteiger partial charge in [-0.05, 0) is 32.7 Å². The Morgan fingerprint density at radius 1 is 1.56 bits per heavy atom. The number of amides is 1. The second kappa shape index (κ2) is 7.92. The number of piperidine rings is 1. The van der Waals surface area contributed by atoms with E-state index in [1.807, 2.05) is 0 Å². The molecule has 1 atom stereocenters. The second-order valence-corrected chi connectivity index (χ2v) is 4.85. The zero-order valence-electron chi connectivity index (χ0n) is 11.1. The third-order valence-electron chi connectivity index (χ3n) is 3.35. The minimum atomic E-state index is -0.197. The van der Waals surface area contributed by atoms with E-state index in [-0.39, 0.29) is 18.2 Å². The molecule has 6 nitrogen and oxygen atoms in total. The van der Waals surface area contributed by atoms with Crippen molar-refractivity contribution in [3.8, 4) is 0 Å². The van der Waals surface area contributed by atoms with Crippen LogP contribution < -0.4 is 11.1 Å². The van der Waals surface area contributed by atoms with Gasteiger partial charge >= 0.3 is 0 Å². The molecule has 0 aliphatic carbocycles. The zero-order chi connectivity index (χ0) is 13.4. The summed E-state index contributed by atoms with van der Waals surface area (Å²) in [5.74, 6) is -0.255. The lowest BCUT2D eigenvalue weighted by atomic mass is 10.0. The number of nitrogens with two attached hydrogens (primary N) is 1. The first kappa shape index (κ1) is 14.8. The number of nitrogens with zero attached hydrogens (tertiary/aromatic N) is 2. The fourth-order valence-corrected chi connectivity index (χ4v) is 2.26. The number of nitrogens with one attached hydrogen (secondary N) is 1. The van der Waals surface area contributed by atoms with E-state index in [0.717, 1.165) is 13.0 Å². The quantitative estimate of drug-likeness (QED) is 0.212. The first-order valence-corrected chi connectivity index (χ1v) is 6.60. The molecule has 1 rings (SSSR count). The molecule has 1 aliphatic heterocycles. The van der Waals surface area contributed by atoms with Crippen LogP contribution in [-0.4, -0.2) is 47.5 Å². The molecule has 6 heteroatoms. The van der Waals surface area contributed by atoms with Gasteiger partial charge in [0.2, 0.25) is 5.91 Å². The molecular weight excluding hydrogens is 232 g/mol. The summed E-state index contributed by atoms with van der Waals surface area (Å²) in [7, 11) is 0. The normalized spacial score (nSPS) is 21.8. The van der Waals surface area contributed by atoms with Crippen LogP contribution in [0.15, 0.2) is 5.16 Å². The summed E-state index contributed by atoms with van der Waals surface area (Å²) in [6, 6.07) is 0.659. The summed E-state index contributed by atoms with van der Waals surface area (Å²) in [6.45, 7) is 5.08. The second-order valence-electron chi connectivity index (χ2n) is 4.85. The number of carbonyl (C=O) groups excluding carboxylic acids is 1. The summed E-state index contributed by atoms with van der Waals surface area (Å²) >= 11 is 0. The minimum absolute atomic E-state index is 0.0450. The topological polar surface area (TPSA) is 91.0 Å². The molecule has 0 aromatic rings. The number of oxime groups is 1. The average molecular weight is 256 g/mol. The van der Waals surface area contributed by atoms with Crippen LogP contribution in [-0.2, 0) is 4.79 Å². The summed E-state index contributed by atoms with van der Waals surface area (Å²) in [5, 5.41) is 13.9. The molecule has 0 spiro atoms. The molecule has 104 valence electrons. The summed E-state index contributed by atoms with van der Waals surface area (Å²) in [5.41, 5.74) is 5.24. The summed E-state index contributed by atoms with van der Waals surface area (Å²) in [4.78, 5) is 13.8. The van der Waals surface area contributed by atoms with Gasteiger partial charge in [-0.1, -0.05) is 11.6 Å². The van der Waals surface area contributed by atoms with Gasteiger partial charge in [-0.3, -0.25) is 4.79 Å². The Morgan fingerprint density at radius 2 is 2.33 bits per heavy atom. The molecule has 1 aliphatic rings. The van der Waals surface area contributed by atoms with Crippen molar-refractivity contribution in [1.29, 1.82) is 0 Å². The van der Waals surface area contributed by atoms with Crippen LogP contribution in [0.25, 0.3) is 0 Å². The van der Waals surface area contributed by atoms with Gasteiger partial charge in [0.1, 0.15) is 5.84 Å². The first-order chi connectivity index (χ1) is 8.63. The highest BCUT2D eigenvalue weighted by Gasteiger charge is 2.17. The molecule has 1 fully saturated rings. The van der Waals surface area contributed by atoms with Gasteiger partial charge in [0.05, 0.1) is 6.42 Å². The van der Waals surface area contributed by atoms with E-state index in [1.54, 1.807) is 0 Å². The number of likely N-dealkylation sites (tertiary alicyclic amines) is 1. The number of amidine groups is 1. The highest BCUT2D eigenvalue weighted by Crippen LogP contribution is 2.15. The van der Waals surface area contributed by atoms with Crippen LogP contribution in [0.4, 0.5) is 0 Å². The monoisotopic (exact) mass is 256 g/mol. The maximum atomic E-state index is 11.3. The highest BCUT2D eigenvalue weighted by molar-refractivity contribution is 5.98. The largest absolute Gasteiger partial charge is 0.409 e. The van der Waals surface area contributed by atoms with Crippen LogP contribution >= 0.6 is 0 Å². The maximum absolute atomic E-state index is 11.3. The number of hydrogen-bond donors (Lipinski definition) is 3. The molecule has 1 heterocycles. The van der Waals surface area contributed by atoms with Crippen molar-refractivity contribution in [1.82, 2.24) is 10.2 Å². The van der Waals surface area contributed by atoms with Crippen molar-refractivity contribution in [2.24, 2.45) is 10.9 Å². The standard InChI is InChI=1S/C12H24N4O2/c1-10-5-2-3-7-16(10)8-4-6-14-12(17)9-11(13)15-18/h10,18H,2-9H2,1H3,(H2,13,15)(H,14,17). The lowest BCUT2D eigenvalue weighted by molar-refractivity contribution is -0.119. The average Bonchev–Trinajstić information content (AvgIpc) is 2.36. The molecule has 0 aromatic carbocycles. The van der Waals surface area contributed by atoms with E-state index >= 15 is 0 Å². The molecular formula is C12H24N4O2. The molecule has 0 radical (unpaired) electrons. The third kappa shape index (κ3) is 5.35. The van der Waals surface area contributed by atoms with Gasteiger partial charge in [0.25, 0.3) is 0 Å². The van der Waals surface area contributed by atoms with E-state index in [2.05, 4.69) is 22.3 Å². The predicted molar refractivity (Wildman–Crippen MR) is 70.5 cm³/mol. The lowest BCUT2D eigenvalue weighted by Gasteiger charge is -2.33. The van der Waals surface area contributed by atoms with Gasteiger partial charge in [0, 0.05) is 19.1 Å². The smallest absolute Gasteiger partial charge is 0.227 e. The van der Waals surface area contributed by atoms with E-state index in [1.165, 1.54) is 25.8 Å². The van der Waals surface area contributed by atoms with Crippen molar-refractivity contribution in [3.63, 3.8) is 0 Å². The highest BCUT2D eigenvalue weighted by atomic mass is 16.4. The van der Waals surface area contributed by atoms with E-state index in [9.17, 15) is 4.79 Å².